The van der Waals surface area contributed by atoms with E-state index in [4.69, 9.17) is 9.47 Å². The summed E-state index contributed by atoms with van der Waals surface area (Å²) in [6.07, 6.45) is 5.03. The molecule has 1 amide bonds. The van der Waals surface area contributed by atoms with Gasteiger partial charge >= 0.3 is 0 Å². The lowest BCUT2D eigenvalue weighted by Crippen LogP contribution is -2.24. The van der Waals surface area contributed by atoms with Gasteiger partial charge in [-0.25, -0.2) is 8.42 Å². The van der Waals surface area contributed by atoms with E-state index in [1.807, 2.05) is 24.3 Å². The van der Waals surface area contributed by atoms with Gasteiger partial charge in [-0.05, 0) is 80.1 Å². The molecule has 0 bridgehead atoms. The number of anilines is 2. The Balaban J connectivity index is 1.34. The number of nitrogens with one attached hydrogen (secondary N) is 1. The van der Waals surface area contributed by atoms with Crippen LogP contribution in [0.3, 0.4) is 0 Å². The summed E-state index contributed by atoms with van der Waals surface area (Å²) in [5.41, 5.74) is 2.77. The lowest BCUT2D eigenvalue weighted by Gasteiger charge is -2.20. The zero-order valence-corrected chi connectivity index (χ0v) is 22.0. The second kappa shape index (κ2) is 10.5. The van der Waals surface area contributed by atoms with Crippen molar-refractivity contribution in [2.75, 3.05) is 23.3 Å². The highest BCUT2D eigenvalue weighted by atomic mass is 32.2. The fraction of sp³-hybridized carbons (Fsp3) is 0.345. The molecule has 194 valence electrons. The molecule has 1 atom stereocenters. The van der Waals surface area contributed by atoms with Crippen LogP contribution < -0.4 is 19.1 Å². The second-order valence-electron chi connectivity index (χ2n) is 9.76. The molecule has 7 nitrogen and oxygen atoms in total. The van der Waals surface area contributed by atoms with Crippen LogP contribution in [0, 0.1) is 6.92 Å². The first-order valence-electron chi connectivity index (χ1n) is 12.7. The zero-order valence-electron chi connectivity index (χ0n) is 21.1. The van der Waals surface area contributed by atoms with E-state index in [0.29, 0.717) is 35.7 Å². The van der Waals surface area contributed by atoms with Crippen molar-refractivity contribution >= 4 is 27.3 Å². The largest absolute Gasteiger partial charge is 0.493 e. The Morgan fingerprint density at radius 1 is 0.946 bits per heavy atom. The van der Waals surface area contributed by atoms with Crippen LogP contribution in [0.2, 0.25) is 0 Å². The highest BCUT2D eigenvalue weighted by Crippen LogP contribution is 2.38. The molecule has 0 spiro atoms. The summed E-state index contributed by atoms with van der Waals surface area (Å²) in [6, 6.07) is 19.7. The van der Waals surface area contributed by atoms with Gasteiger partial charge < -0.3 is 14.4 Å². The molecule has 0 aromatic heterocycles. The Morgan fingerprint density at radius 3 is 2.49 bits per heavy atom. The monoisotopic (exact) mass is 520 g/mol. The molecule has 1 N–H and O–H groups in total. The molecule has 3 aromatic carbocycles. The minimum atomic E-state index is -3.75. The molecule has 3 aromatic rings. The fourth-order valence-corrected chi connectivity index (χ4v) is 6.51. The first-order chi connectivity index (χ1) is 17.8. The lowest BCUT2D eigenvalue weighted by molar-refractivity contribution is -0.117. The van der Waals surface area contributed by atoms with E-state index in [9.17, 15) is 13.2 Å². The number of sulfonamides is 1. The van der Waals surface area contributed by atoms with Crippen LogP contribution >= 0.6 is 0 Å². The molecule has 5 rings (SSSR count). The van der Waals surface area contributed by atoms with Gasteiger partial charge in [0.05, 0.1) is 23.8 Å². The Labute approximate surface area is 218 Å². The average molecular weight is 521 g/mol. The van der Waals surface area contributed by atoms with E-state index in [0.717, 1.165) is 24.2 Å². The fourth-order valence-electron chi connectivity index (χ4n) is 5.21. The third-order valence-corrected chi connectivity index (χ3v) is 8.71. The molecule has 0 unspecified atom stereocenters. The third-order valence-electron chi connectivity index (χ3n) is 7.17. The summed E-state index contributed by atoms with van der Waals surface area (Å²) in [5.74, 6) is 1.42. The van der Waals surface area contributed by atoms with Gasteiger partial charge in [0.15, 0.2) is 11.5 Å². The number of amides is 1. The van der Waals surface area contributed by atoms with Gasteiger partial charge in [-0.1, -0.05) is 30.3 Å². The first kappa shape index (κ1) is 25.1. The molecule has 8 heteroatoms. The van der Waals surface area contributed by atoms with Gasteiger partial charge in [0.1, 0.15) is 0 Å². The van der Waals surface area contributed by atoms with Gasteiger partial charge in [0, 0.05) is 24.6 Å². The molecule has 1 saturated carbocycles. The van der Waals surface area contributed by atoms with Crippen molar-refractivity contribution in [1.29, 1.82) is 0 Å². The van der Waals surface area contributed by atoms with Gasteiger partial charge in [-0.3, -0.25) is 9.52 Å². The summed E-state index contributed by atoms with van der Waals surface area (Å²) in [5, 5.41) is 0. The van der Waals surface area contributed by atoms with Gasteiger partial charge in [-0.2, -0.15) is 0 Å². The Morgan fingerprint density at radius 2 is 1.73 bits per heavy atom. The van der Waals surface area contributed by atoms with E-state index in [1.165, 1.54) is 12.8 Å². The molecule has 2 fully saturated rings. The minimum absolute atomic E-state index is 0.00186. The van der Waals surface area contributed by atoms with Crippen LogP contribution in [0.5, 0.6) is 11.5 Å². The SMILES string of the molecule is COc1ccc([C@H]2CC(=O)N(c3cccc(NS(=O)(=O)c4ccccc4C)c3)C2)cc1OC1CCCC1. The number of ether oxygens (including phenoxy) is 2. The topological polar surface area (TPSA) is 84.9 Å². The minimum Gasteiger partial charge on any atom is -0.493 e. The number of aryl methyl sites for hydroxylation is 1. The molecular formula is C29H32N2O5S. The molecular weight excluding hydrogens is 488 g/mol. The summed E-state index contributed by atoms with van der Waals surface area (Å²) in [4.78, 5) is 15.0. The van der Waals surface area contributed by atoms with Crippen LogP contribution in [-0.4, -0.2) is 34.1 Å². The maximum atomic E-state index is 13.0. The first-order valence-corrected chi connectivity index (χ1v) is 14.2. The number of methoxy groups -OCH3 is 1. The number of hydrogen-bond acceptors (Lipinski definition) is 5. The number of hydrogen-bond donors (Lipinski definition) is 1. The van der Waals surface area contributed by atoms with Crippen LogP contribution in [0.25, 0.3) is 0 Å². The third kappa shape index (κ3) is 5.44. The van der Waals surface area contributed by atoms with E-state index >= 15 is 0 Å². The quantitative estimate of drug-likeness (QED) is 0.415. The maximum Gasteiger partial charge on any atom is 0.262 e. The Kier molecular flexibility index (Phi) is 7.11. The van der Waals surface area contributed by atoms with Crippen molar-refractivity contribution in [1.82, 2.24) is 0 Å². The summed E-state index contributed by atoms with van der Waals surface area (Å²) in [6.45, 7) is 2.26. The number of rotatable bonds is 8. The smallest absolute Gasteiger partial charge is 0.262 e. The van der Waals surface area contributed by atoms with Crippen LogP contribution in [0.4, 0.5) is 11.4 Å². The average Bonchev–Trinajstić information content (AvgIpc) is 3.53. The lowest BCUT2D eigenvalue weighted by atomic mass is 9.98. The highest BCUT2D eigenvalue weighted by molar-refractivity contribution is 7.92. The molecule has 37 heavy (non-hydrogen) atoms. The van der Waals surface area contributed by atoms with E-state index in [-0.39, 0.29) is 22.8 Å². The van der Waals surface area contributed by atoms with Crippen molar-refractivity contribution in [2.24, 2.45) is 0 Å². The van der Waals surface area contributed by atoms with E-state index < -0.39 is 10.0 Å². The van der Waals surface area contributed by atoms with Crippen molar-refractivity contribution in [3.05, 3.63) is 77.9 Å². The van der Waals surface area contributed by atoms with Crippen molar-refractivity contribution in [3.8, 4) is 11.5 Å². The van der Waals surface area contributed by atoms with Gasteiger partial charge in [-0.15, -0.1) is 0 Å². The van der Waals surface area contributed by atoms with Crippen LogP contribution in [0.1, 0.15) is 49.1 Å². The molecule has 1 heterocycles. The molecule has 1 aliphatic heterocycles. The summed E-state index contributed by atoms with van der Waals surface area (Å²) in [7, 11) is -2.12. The molecule has 1 aliphatic carbocycles. The molecule has 1 saturated heterocycles. The normalized spacial score (nSPS) is 18.3. The predicted molar refractivity (Wildman–Crippen MR) is 144 cm³/mol. The van der Waals surface area contributed by atoms with Crippen LogP contribution in [-0.2, 0) is 14.8 Å². The maximum absolute atomic E-state index is 13.0. The number of nitrogens with zero attached hydrogens (tertiary/aromatic N) is 1. The van der Waals surface area contributed by atoms with Crippen molar-refractivity contribution < 1.29 is 22.7 Å². The Bertz CT molecular complexity index is 1400. The van der Waals surface area contributed by atoms with E-state index in [1.54, 1.807) is 61.4 Å². The number of carbonyl (C=O) groups is 1. The van der Waals surface area contributed by atoms with Gasteiger partial charge in [0.25, 0.3) is 10.0 Å². The molecule has 0 radical (unpaired) electrons. The zero-order chi connectivity index (χ0) is 26.0. The van der Waals surface area contributed by atoms with E-state index in [2.05, 4.69) is 4.72 Å². The number of carbonyl (C=O) groups excluding carboxylic acids is 1. The number of benzene rings is 3. The standard InChI is InChI=1S/C29H32N2O5S/c1-20-8-3-6-13-28(20)37(33,34)30-23-9-7-10-24(18-23)31-19-22(17-29(31)32)21-14-15-26(35-2)27(16-21)36-25-11-4-5-12-25/h3,6-10,13-16,18,22,25,30H,4-5,11-12,17,19H2,1-2H3/t22-/m0/s1. The molecule has 2 aliphatic rings. The highest BCUT2D eigenvalue weighted by Gasteiger charge is 2.32. The Hall–Kier alpha value is -3.52. The van der Waals surface area contributed by atoms with Gasteiger partial charge in [0.2, 0.25) is 5.91 Å². The second-order valence-corrected chi connectivity index (χ2v) is 11.4. The van der Waals surface area contributed by atoms with Crippen molar-refractivity contribution in [3.63, 3.8) is 0 Å². The van der Waals surface area contributed by atoms with Crippen molar-refractivity contribution in [2.45, 2.75) is 55.9 Å². The van der Waals surface area contributed by atoms with Crippen LogP contribution in [0.15, 0.2) is 71.6 Å². The predicted octanol–water partition coefficient (Wildman–Crippen LogP) is 5.65. The summed E-state index contributed by atoms with van der Waals surface area (Å²) < 4.78 is 40.3. The summed E-state index contributed by atoms with van der Waals surface area (Å²) >= 11 is 0.